The number of nitrogens with zero attached hydrogens (tertiary/aromatic N) is 3. The molecule has 0 unspecified atom stereocenters. The molecule has 136 valence electrons. The van der Waals surface area contributed by atoms with E-state index in [4.69, 9.17) is 0 Å². The zero-order chi connectivity index (χ0) is 18.6. The second-order valence-electron chi connectivity index (χ2n) is 6.51. The van der Waals surface area contributed by atoms with Crippen LogP contribution in [0.15, 0.2) is 60.7 Å². The van der Waals surface area contributed by atoms with E-state index in [1.807, 2.05) is 24.3 Å². The van der Waals surface area contributed by atoms with Gasteiger partial charge in [-0.1, -0.05) is 18.2 Å². The molecule has 5 nitrogen and oxygen atoms in total. The Morgan fingerprint density at radius 2 is 1.74 bits per heavy atom. The van der Waals surface area contributed by atoms with Gasteiger partial charge in [-0.3, -0.25) is 4.79 Å². The van der Waals surface area contributed by atoms with Crippen LogP contribution in [0.25, 0.3) is 11.3 Å². The lowest BCUT2D eigenvalue weighted by Gasteiger charge is -2.15. The molecule has 3 aromatic rings. The van der Waals surface area contributed by atoms with Crippen LogP contribution in [0.5, 0.6) is 0 Å². The lowest BCUT2D eigenvalue weighted by atomic mass is 10.1. The highest BCUT2D eigenvalue weighted by Gasteiger charge is 2.14. The third kappa shape index (κ3) is 3.95. The number of halogens is 1. The van der Waals surface area contributed by atoms with E-state index in [0.29, 0.717) is 5.69 Å². The van der Waals surface area contributed by atoms with Crippen LogP contribution in [0.3, 0.4) is 0 Å². The van der Waals surface area contributed by atoms with E-state index < -0.39 is 5.82 Å². The Labute approximate surface area is 156 Å². The number of aromatic nitrogens is 2. The number of benzene rings is 2. The van der Waals surface area contributed by atoms with Gasteiger partial charge in [0.2, 0.25) is 0 Å². The normalized spacial score (nSPS) is 13.6. The number of carbonyl (C=O) groups excluding carboxylic acids is 1. The van der Waals surface area contributed by atoms with E-state index in [1.54, 1.807) is 18.2 Å². The standard InChI is InChI=1S/C21H19FN4O/c22-17-5-3-4-16(14-17)21(27)23-18-8-6-15(7-9-18)19-10-11-20(25-24-19)26-12-1-2-13-26/h3-11,14H,1-2,12-13H2,(H,23,27). The summed E-state index contributed by atoms with van der Waals surface area (Å²) in [4.78, 5) is 14.4. The summed E-state index contributed by atoms with van der Waals surface area (Å²) in [5, 5.41) is 11.4. The zero-order valence-electron chi connectivity index (χ0n) is 14.7. The second-order valence-corrected chi connectivity index (χ2v) is 6.51. The van der Waals surface area contributed by atoms with E-state index in [9.17, 15) is 9.18 Å². The summed E-state index contributed by atoms with van der Waals surface area (Å²) in [6, 6.07) is 16.9. The zero-order valence-corrected chi connectivity index (χ0v) is 14.7. The lowest BCUT2D eigenvalue weighted by Crippen LogP contribution is -2.19. The summed E-state index contributed by atoms with van der Waals surface area (Å²) in [5.41, 5.74) is 2.61. The Morgan fingerprint density at radius 3 is 2.41 bits per heavy atom. The molecule has 0 atom stereocenters. The summed E-state index contributed by atoms with van der Waals surface area (Å²) >= 11 is 0. The highest BCUT2D eigenvalue weighted by atomic mass is 19.1. The summed E-state index contributed by atoms with van der Waals surface area (Å²) in [5.74, 6) is 0.126. The molecule has 27 heavy (non-hydrogen) atoms. The summed E-state index contributed by atoms with van der Waals surface area (Å²) in [6.45, 7) is 2.07. The van der Waals surface area contributed by atoms with Crippen molar-refractivity contribution in [2.24, 2.45) is 0 Å². The van der Waals surface area contributed by atoms with E-state index in [2.05, 4.69) is 20.4 Å². The number of carbonyl (C=O) groups is 1. The maximum atomic E-state index is 13.2. The predicted molar refractivity (Wildman–Crippen MR) is 103 cm³/mol. The molecule has 1 saturated heterocycles. The van der Waals surface area contributed by atoms with Gasteiger partial charge in [-0.2, -0.15) is 0 Å². The fourth-order valence-electron chi connectivity index (χ4n) is 3.15. The first-order chi connectivity index (χ1) is 13.2. The minimum Gasteiger partial charge on any atom is -0.355 e. The molecule has 0 saturated carbocycles. The molecule has 1 aromatic heterocycles. The van der Waals surface area contributed by atoms with Gasteiger partial charge in [0, 0.05) is 29.9 Å². The van der Waals surface area contributed by atoms with Gasteiger partial charge < -0.3 is 10.2 Å². The molecular weight excluding hydrogens is 343 g/mol. The van der Waals surface area contributed by atoms with Crippen molar-refractivity contribution in [1.29, 1.82) is 0 Å². The SMILES string of the molecule is O=C(Nc1ccc(-c2ccc(N3CCCC3)nn2)cc1)c1cccc(F)c1. The Hall–Kier alpha value is -3.28. The summed E-state index contributed by atoms with van der Waals surface area (Å²) in [7, 11) is 0. The van der Waals surface area contributed by atoms with Gasteiger partial charge in [-0.05, 0) is 55.3 Å². The lowest BCUT2D eigenvalue weighted by molar-refractivity contribution is 0.102. The Balaban J connectivity index is 1.44. The third-order valence-corrected chi connectivity index (χ3v) is 4.61. The van der Waals surface area contributed by atoms with Gasteiger partial charge in [-0.25, -0.2) is 4.39 Å². The van der Waals surface area contributed by atoms with Crippen LogP contribution in [-0.4, -0.2) is 29.2 Å². The largest absolute Gasteiger partial charge is 0.355 e. The van der Waals surface area contributed by atoms with E-state index >= 15 is 0 Å². The topological polar surface area (TPSA) is 58.1 Å². The molecular formula is C21H19FN4O. The highest BCUT2D eigenvalue weighted by molar-refractivity contribution is 6.04. The van der Waals surface area contributed by atoms with Crippen LogP contribution in [0.4, 0.5) is 15.9 Å². The quantitative estimate of drug-likeness (QED) is 0.758. The van der Waals surface area contributed by atoms with Crippen molar-refractivity contribution in [3.63, 3.8) is 0 Å². The molecule has 0 radical (unpaired) electrons. The van der Waals surface area contributed by atoms with Crippen molar-refractivity contribution in [3.05, 3.63) is 72.0 Å². The van der Waals surface area contributed by atoms with Crippen molar-refractivity contribution >= 4 is 17.4 Å². The number of hydrogen-bond donors (Lipinski definition) is 1. The molecule has 1 aliphatic rings. The molecule has 2 aromatic carbocycles. The number of anilines is 2. The van der Waals surface area contributed by atoms with Crippen LogP contribution in [-0.2, 0) is 0 Å². The Bertz CT molecular complexity index is 935. The fraction of sp³-hybridized carbons (Fsp3) is 0.190. The van der Waals surface area contributed by atoms with Gasteiger partial charge in [0.05, 0.1) is 5.69 Å². The molecule has 1 amide bonds. The molecule has 0 aliphatic carbocycles. The second kappa shape index (κ2) is 7.53. The first-order valence-corrected chi connectivity index (χ1v) is 8.95. The van der Waals surface area contributed by atoms with E-state index in [-0.39, 0.29) is 11.5 Å². The first-order valence-electron chi connectivity index (χ1n) is 8.95. The average molecular weight is 362 g/mol. The summed E-state index contributed by atoms with van der Waals surface area (Å²) in [6.07, 6.45) is 2.40. The number of amides is 1. The maximum absolute atomic E-state index is 13.2. The highest BCUT2D eigenvalue weighted by Crippen LogP contribution is 2.22. The monoisotopic (exact) mass is 362 g/mol. The molecule has 1 aliphatic heterocycles. The smallest absolute Gasteiger partial charge is 0.255 e. The predicted octanol–water partition coefficient (Wildman–Crippen LogP) is 4.14. The van der Waals surface area contributed by atoms with Gasteiger partial charge >= 0.3 is 0 Å². The fourth-order valence-corrected chi connectivity index (χ4v) is 3.15. The van der Waals surface area contributed by atoms with Crippen LogP contribution in [0, 0.1) is 5.82 Å². The third-order valence-electron chi connectivity index (χ3n) is 4.61. The van der Waals surface area contributed by atoms with Crippen molar-refractivity contribution < 1.29 is 9.18 Å². The average Bonchev–Trinajstić information content (AvgIpc) is 3.24. The number of rotatable bonds is 4. The van der Waals surface area contributed by atoms with E-state index in [0.717, 1.165) is 30.2 Å². The Kier molecular flexibility index (Phi) is 4.78. The minimum atomic E-state index is -0.436. The van der Waals surface area contributed by atoms with Gasteiger partial charge in [0.1, 0.15) is 5.82 Å². The van der Waals surface area contributed by atoms with Crippen LogP contribution < -0.4 is 10.2 Å². The molecule has 1 fully saturated rings. The van der Waals surface area contributed by atoms with Gasteiger partial charge in [0.15, 0.2) is 5.82 Å². The molecule has 0 bridgehead atoms. The van der Waals surface area contributed by atoms with Crippen molar-refractivity contribution in [2.45, 2.75) is 12.8 Å². The van der Waals surface area contributed by atoms with Crippen molar-refractivity contribution in [1.82, 2.24) is 10.2 Å². The number of nitrogens with one attached hydrogen (secondary N) is 1. The molecule has 2 heterocycles. The van der Waals surface area contributed by atoms with Gasteiger partial charge in [-0.15, -0.1) is 10.2 Å². The van der Waals surface area contributed by atoms with E-state index in [1.165, 1.54) is 31.0 Å². The molecule has 4 rings (SSSR count). The Morgan fingerprint density at radius 1 is 0.963 bits per heavy atom. The number of hydrogen-bond acceptors (Lipinski definition) is 4. The van der Waals surface area contributed by atoms with Gasteiger partial charge in [0.25, 0.3) is 5.91 Å². The van der Waals surface area contributed by atoms with Crippen LogP contribution >= 0.6 is 0 Å². The van der Waals surface area contributed by atoms with Crippen LogP contribution in [0.2, 0.25) is 0 Å². The first kappa shape index (κ1) is 17.1. The van der Waals surface area contributed by atoms with Crippen LogP contribution in [0.1, 0.15) is 23.2 Å². The maximum Gasteiger partial charge on any atom is 0.255 e. The molecule has 1 N–H and O–H groups in total. The van der Waals surface area contributed by atoms with Crippen molar-refractivity contribution in [3.8, 4) is 11.3 Å². The molecule has 6 heteroatoms. The summed E-state index contributed by atoms with van der Waals surface area (Å²) < 4.78 is 13.2. The van der Waals surface area contributed by atoms with Crippen molar-refractivity contribution in [2.75, 3.05) is 23.3 Å². The molecule has 0 spiro atoms. The minimum absolute atomic E-state index is 0.280.